The fourth-order valence-corrected chi connectivity index (χ4v) is 2.45. The van der Waals surface area contributed by atoms with Gasteiger partial charge >= 0.3 is 0 Å². The Kier molecular flexibility index (Phi) is 3.26. The molecule has 1 N–H and O–H groups in total. The fraction of sp³-hybridized carbons (Fsp3) is 0.0769. The van der Waals surface area contributed by atoms with Crippen LogP contribution in [0.5, 0.6) is 0 Å². The van der Waals surface area contributed by atoms with E-state index in [4.69, 9.17) is 0 Å². The number of carbonyl (C=O) groups is 1. The number of hydrogen-bond donors (Lipinski definition) is 1. The number of nitrogens with zero attached hydrogens (tertiary/aromatic N) is 4. The van der Waals surface area contributed by atoms with E-state index in [-0.39, 0.29) is 5.91 Å². The monoisotopic (exact) mass is 285 g/mol. The Morgan fingerprint density at radius 2 is 2.10 bits per heavy atom. The largest absolute Gasteiger partial charge is 0.298 e. The van der Waals surface area contributed by atoms with E-state index in [1.54, 1.807) is 29.5 Å². The Morgan fingerprint density at radius 1 is 1.30 bits per heavy atom. The zero-order chi connectivity index (χ0) is 13.9. The van der Waals surface area contributed by atoms with Gasteiger partial charge in [0.05, 0.1) is 5.69 Å². The summed E-state index contributed by atoms with van der Waals surface area (Å²) in [5, 5.41) is 12.7. The van der Waals surface area contributed by atoms with Crippen molar-refractivity contribution < 1.29 is 4.79 Å². The lowest BCUT2D eigenvalue weighted by Crippen LogP contribution is -2.14. The number of thiazole rings is 1. The van der Waals surface area contributed by atoms with Gasteiger partial charge in [-0.15, -0.1) is 21.5 Å². The Labute approximate surface area is 119 Å². The SMILES string of the molecule is Cc1c(C(=O)Nc2nccs2)cccc1-n1cnnc1. The van der Waals surface area contributed by atoms with Crippen LogP contribution in [-0.4, -0.2) is 25.7 Å². The van der Waals surface area contributed by atoms with Gasteiger partial charge in [-0.1, -0.05) is 6.07 Å². The van der Waals surface area contributed by atoms with E-state index in [1.807, 2.05) is 24.4 Å². The van der Waals surface area contributed by atoms with Crippen LogP contribution in [0.15, 0.2) is 42.4 Å². The Morgan fingerprint density at radius 3 is 2.80 bits per heavy atom. The number of aromatic nitrogens is 4. The lowest BCUT2D eigenvalue weighted by molar-refractivity contribution is 0.102. The van der Waals surface area contributed by atoms with Gasteiger partial charge in [0.1, 0.15) is 12.7 Å². The van der Waals surface area contributed by atoms with E-state index in [1.165, 1.54) is 11.3 Å². The first kappa shape index (κ1) is 12.5. The first-order valence-electron chi connectivity index (χ1n) is 5.91. The van der Waals surface area contributed by atoms with Gasteiger partial charge in [0, 0.05) is 17.1 Å². The summed E-state index contributed by atoms with van der Waals surface area (Å²) in [6, 6.07) is 5.53. The number of nitrogens with one attached hydrogen (secondary N) is 1. The molecule has 0 saturated heterocycles. The second-order valence-electron chi connectivity index (χ2n) is 4.11. The molecule has 3 rings (SSSR count). The van der Waals surface area contributed by atoms with E-state index >= 15 is 0 Å². The topological polar surface area (TPSA) is 72.7 Å². The molecule has 1 aromatic carbocycles. The van der Waals surface area contributed by atoms with Gasteiger partial charge in [-0.05, 0) is 24.6 Å². The number of carbonyl (C=O) groups excluding carboxylic acids is 1. The molecule has 0 aliphatic rings. The standard InChI is InChI=1S/C13H11N5OS/c1-9-10(12(19)17-13-14-5-6-20-13)3-2-4-11(9)18-7-15-16-8-18/h2-8H,1H3,(H,14,17,19). The van der Waals surface area contributed by atoms with Crippen molar-refractivity contribution >= 4 is 22.4 Å². The maximum atomic E-state index is 12.3. The van der Waals surface area contributed by atoms with Crippen LogP contribution >= 0.6 is 11.3 Å². The minimum absolute atomic E-state index is 0.174. The summed E-state index contributed by atoms with van der Waals surface area (Å²) >= 11 is 1.39. The summed E-state index contributed by atoms with van der Waals surface area (Å²) in [5.41, 5.74) is 2.34. The third kappa shape index (κ3) is 2.30. The van der Waals surface area contributed by atoms with Crippen molar-refractivity contribution in [3.05, 3.63) is 53.6 Å². The van der Waals surface area contributed by atoms with Crippen LogP contribution in [-0.2, 0) is 0 Å². The lowest BCUT2D eigenvalue weighted by Gasteiger charge is -2.10. The van der Waals surface area contributed by atoms with Crippen molar-refractivity contribution in [2.24, 2.45) is 0 Å². The average molecular weight is 285 g/mol. The molecule has 1 amide bonds. The summed E-state index contributed by atoms with van der Waals surface area (Å²) in [7, 11) is 0. The summed E-state index contributed by atoms with van der Waals surface area (Å²) in [5.74, 6) is -0.174. The van der Waals surface area contributed by atoms with Gasteiger partial charge < -0.3 is 0 Å². The van der Waals surface area contributed by atoms with Crippen LogP contribution < -0.4 is 5.32 Å². The number of amides is 1. The van der Waals surface area contributed by atoms with E-state index in [9.17, 15) is 4.79 Å². The molecule has 0 saturated carbocycles. The quantitative estimate of drug-likeness (QED) is 0.801. The van der Waals surface area contributed by atoms with Gasteiger partial charge in [-0.3, -0.25) is 14.7 Å². The molecule has 2 aromatic heterocycles. The molecule has 3 aromatic rings. The maximum Gasteiger partial charge on any atom is 0.257 e. The maximum absolute atomic E-state index is 12.3. The van der Waals surface area contributed by atoms with Gasteiger partial charge in [0.25, 0.3) is 5.91 Å². The number of anilines is 1. The molecule has 0 bridgehead atoms. The molecule has 0 unspecified atom stereocenters. The predicted molar refractivity (Wildman–Crippen MR) is 76.2 cm³/mol. The molecule has 0 atom stereocenters. The van der Waals surface area contributed by atoms with Crippen LogP contribution in [0.4, 0.5) is 5.13 Å². The number of benzene rings is 1. The molecule has 0 fully saturated rings. The molecule has 0 spiro atoms. The summed E-state index contributed by atoms with van der Waals surface area (Å²) in [6.07, 6.45) is 4.86. The number of hydrogen-bond acceptors (Lipinski definition) is 5. The summed E-state index contributed by atoms with van der Waals surface area (Å²) < 4.78 is 1.77. The highest BCUT2D eigenvalue weighted by Crippen LogP contribution is 2.19. The van der Waals surface area contributed by atoms with Crippen molar-refractivity contribution in [3.63, 3.8) is 0 Å². The molecule has 100 valence electrons. The van der Waals surface area contributed by atoms with Crippen molar-refractivity contribution in [1.82, 2.24) is 19.7 Å². The van der Waals surface area contributed by atoms with Gasteiger partial charge in [0.2, 0.25) is 0 Å². The highest BCUT2D eigenvalue weighted by molar-refractivity contribution is 7.13. The van der Waals surface area contributed by atoms with Crippen LogP contribution in [0.3, 0.4) is 0 Å². The molecule has 2 heterocycles. The Hall–Kier alpha value is -2.54. The smallest absolute Gasteiger partial charge is 0.257 e. The van der Waals surface area contributed by atoms with Crippen LogP contribution in [0.25, 0.3) is 5.69 Å². The Bertz CT molecular complexity index is 721. The molecular formula is C13H11N5OS. The van der Waals surface area contributed by atoms with E-state index in [2.05, 4.69) is 20.5 Å². The molecule has 0 aliphatic heterocycles. The molecular weight excluding hydrogens is 274 g/mol. The van der Waals surface area contributed by atoms with E-state index < -0.39 is 0 Å². The van der Waals surface area contributed by atoms with Crippen LogP contribution in [0, 0.1) is 6.92 Å². The number of rotatable bonds is 3. The summed E-state index contributed by atoms with van der Waals surface area (Å²) in [6.45, 7) is 1.89. The van der Waals surface area contributed by atoms with E-state index in [0.717, 1.165) is 11.3 Å². The second kappa shape index (κ2) is 5.22. The first-order valence-corrected chi connectivity index (χ1v) is 6.79. The minimum atomic E-state index is -0.174. The van der Waals surface area contributed by atoms with Crippen molar-refractivity contribution in [1.29, 1.82) is 0 Å². The molecule has 20 heavy (non-hydrogen) atoms. The molecule has 6 nitrogen and oxygen atoms in total. The normalized spacial score (nSPS) is 10.4. The first-order chi connectivity index (χ1) is 9.75. The lowest BCUT2D eigenvalue weighted by atomic mass is 10.1. The van der Waals surface area contributed by atoms with Gasteiger partial charge in [-0.25, -0.2) is 4.98 Å². The van der Waals surface area contributed by atoms with Crippen LogP contribution in [0.1, 0.15) is 15.9 Å². The predicted octanol–water partition coefficient (Wildman–Crippen LogP) is 2.28. The molecule has 7 heteroatoms. The van der Waals surface area contributed by atoms with Crippen LogP contribution in [0.2, 0.25) is 0 Å². The Balaban J connectivity index is 1.94. The zero-order valence-electron chi connectivity index (χ0n) is 10.6. The third-order valence-electron chi connectivity index (χ3n) is 2.90. The fourth-order valence-electron chi connectivity index (χ4n) is 1.92. The van der Waals surface area contributed by atoms with Crippen molar-refractivity contribution in [2.75, 3.05) is 5.32 Å². The third-order valence-corrected chi connectivity index (χ3v) is 3.59. The van der Waals surface area contributed by atoms with E-state index in [0.29, 0.717) is 10.7 Å². The highest BCUT2D eigenvalue weighted by Gasteiger charge is 2.13. The molecule has 0 aliphatic carbocycles. The minimum Gasteiger partial charge on any atom is -0.298 e. The second-order valence-corrected chi connectivity index (χ2v) is 5.00. The van der Waals surface area contributed by atoms with Crippen molar-refractivity contribution in [3.8, 4) is 5.69 Å². The van der Waals surface area contributed by atoms with Gasteiger partial charge in [-0.2, -0.15) is 0 Å². The summed E-state index contributed by atoms with van der Waals surface area (Å²) in [4.78, 5) is 16.3. The zero-order valence-corrected chi connectivity index (χ0v) is 11.5. The average Bonchev–Trinajstić information content (AvgIpc) is 3.11. The van der Waals surface area contributed by atoms with Gasteiger partial charge in [0.15, 0.2) is 5.13 Å². The van der Waals surface area contributed by atoms with Crippen molar-refractivity contribution in [2.45, 2.75) is 6.92 Å². The highest BCUT2D eigenvalue weighted by atomic mass is 32.1. The molecule has 0 radical (unpaired) electrons.